The summed E-state index contributed by atoms with van der Waals surface area (Å²) in [5.41, 5.74) is 3.21. The van der Waals surface area contributed by atoms with E-state index in [4.69, 9.17) is 4.74 Å². The quantitative estimate of drug-likeness (QED) is 0.510. The van der Waals surface area contributed by atoms with Gasteiger partial charge in [0.2, 0.25) is 5.91 Å². The van der Waals surface area contributed by atoms with E-state index in [2.05, 4.69) is 0 Å². The van der Waals surface area contributed by atoms with Crippen LogP contribution in [0.4, 0.5) is 13.2 Å². The van der Waals surface area contributed by atoms with Crippen LogP contribution in [0.1, 0.15) is 47.1 Å². The van der Waals surface area contributed by atoms with Gasteiger partial charge in [0.1, 0.15) is 12.4 Å². The number of nitrogens with zero attached hydrogens (tertiary/aromatic N) is 1. The molecule has 0 unspecified atom stereocenters. The van der Waals surface area contributed by atoms with Gasteiger partial charge in [-0.25, -0.2) is 0 Å². The summed E-state index contributed by atoms with van der Waals surface area (Å²) in [7, 11) is 0. The first-order valence-electron chi connectivity index (χ1n) is 11.2. The largest absolute Gasteiger partial charge is 0.491 e. The number of aliphatic hydroxyl groups excluding tert-OH is 1. The monoisotopic (exact) mass is 469 g/mol. The summed E-state index contributed by atoms with van der Waals surface area (Å²) in [5.74, 6) is -0.319. The zero-order chi connectivity index (χ0) is 24.1. The Morgan fingerprint density at radius 1 is 0.941 bits per heavy atom. The van der Waals surface area contributed by atoms with Crippen molar-refractivity contribution < 1.29 is 27.8 Å². The lowest BCUT2D eigenvalue weighted by atomic mass is 9.83. The number of hydrogen-bond acceptors (Lipinski definition) is 3. The van der Waals surface area contributed by atoms with Crippen molar-refractivity contribution in [3.8, 4) is 5.75 Å². The van der Waals surface area contributed by atoms with Gasteiger partial charge in [-0.1, -0.05) is 66.7 Å². The first kappa shape index (κ1) is 23.8. The van der Waals surface area contributed by atoms with Gasteiger partial charge >= 0.3 is 6.18 Å². The fraction of sp³-hybridized carbons (Fsp3) is 0.296. The average molecular weight is 470 g/mol. The van der Waals surface area contributed by atoms with Crippen LogP contribution >= 0.6 is 0 Å². The molecule has 34 heavy (non-hydrogen) atoms. The summed E-state index contributed by atoms with van der Waals surface area (Å²) in [5, 5.41) is 11.5. The number of ether oxygens (including phenoxy) is 1. The molecule has 1 aliphatic rings. The highest BCUT2D eigenvalue weighted by molar-refractivity contribution is 5.76. The Balaban J connectivity index is 1.61. The second-order valence-electron chi connectivity index (χ2n) is 8.39. The topological polar surface area (TPSA) is 49.8 Å². The maximum atomic E-state index is 12.6. The molecule has 7 heteroatoms. The lowest BCUT2D eigenvalue weighted by Gasteiger charge is -2.25. The third kappa shape index (κ3) is 5.78. The van der Waals surface area contributed by atoms with E-state index in [9.17, 15) is 23.1 Å². The van der Waals surface area contributed by atoms with Crippen LogP contribution in [0.2, 0.25) is 0 Å². The molecule has 1 amide bonds. The molecule has 1 atom stereocenters. The smallest absolute Gasteiger partial charge is 0.389 e. The minimum atomic E-state index is -4.38. The number of benzene rings is 3. The number of aliphatic hydroxyl groups is 1. The average Bonchev–Trinajstić information content (AvgIpc) is 3.05. The molecule has 0 spiro atoms. The molecule has 4 nitrogen and oxygen atoms in total. The number of hydrogen-bond donors (Lipinski definition) is 1. The predicted octanol–water partition coefficient (Wildman–Crippen LogP) is 5.62. The van der Waals surface area contributed by atoms with Crippen LogP contribution in [-0.2, 0) is 11.3 Å². The number of alkyl halides is 3. The Hall–Kier alpha value is -3.32. The number of carbonyl (C=O) groups excluding carboxylic acids is 1. The molecule has 3 aromatic rings. The fourth-order valence-electron chi connectivity index (χ4n) is 4.29. The molecule has 1 heterocycles. The molecule has 0 radical (unpaired) electrons. The van der Waals surface area contributed by atoms with Crippen LogP contribution < -0.4 is 4.74 Å². The van der Waals surface area contributed by atoms with Crippen molar-refractivity contribution in [1.82, 2.24) is 4.90 Å². The zero-order valence-electron chi connectivity index (χ0n) is 18.5. The number of rotatable bonds is 6. The summed E-state index contributed by atoms with van der Waals surface area (Å²) < 4.78 is 43.5. The van der Waals surface area contributed by atoms with E-state index in [1.165, 1.54) is 4.90 Å². The van der Waals surface area contributed by atoms with Crippen LogP contribution in [0.5, 0.6) is 5.75 Å². The van der Waals surface area contributed by atoms with Crippen molar-refractivity contribution in [2.75, 3.05) is 13.2 Å². The van der Waals surface area contributed by atoms with E-state index in [-0.39, 0.29) is 25.6 Å². The van der Waals surface area contributed by atoms with E-state index >= 15 is 0 Å². The van der Waals surface area contributed by atoms with Gasteiger partial charge in [-0.2, -0.15) is 13.2 Å². The van der Waals surface area contributed by atoms with E-state index in [1.54, 1.807) is 18.2 Å². The van der Waals surface area contributed by atoms with Crippen molar-refractivity contribution in [2.45, 2.75) is 37.6 Å². The molecule has 0 saturated heterocycles. The maximum Gasteiger partial charge on any atom is 0.389 e. The molecule has 0 saturated carbocycles. The predicted molar refractivity (Wildman–Crippen MR) is 122 cm³/mol. The van der Waals surface area contributed by atoms with Crippen LogP contribution in [-0.4, -0.2) is 35.2 Å². The third-order valence-corrected chi connectivity index (χ3v) is 6.01. The van der Waals surface area contributed by atoms with Gasteiger partial charge in [-0.05, 0) is 28.8 Å². The van der Waals surface area contributed by atoms with Gasteiger partial charge in [0, 0.05) is 24.4 Å². The highest BCUT2D eigenvalue weighted by Gasteiger charge is 2.30. The first-order chi connectivity index (χ1) is 16.3. The fourth-order valence-corrected chi connectivity index (χ4v) is 4.29. The number of amides is 1. The van der Waals surface area contributed by atoms with Crippen molar-refractivity contribution in [1.29, 1.82) is 0 Å². The molecule has 3 aromatic carbocycles. The number of carbonyl (C=O) groups is 1. The van der Waals surface area contributed by atoms with E-state index in [1.807, 2.05) is 60.7 Å². The van der Waals surface area contributed by atoms with Crippen LogP contribution in [0, 0.1) is 0 Å². The summed E-state index contributed by atoms with van der Waals surface area (Å²) in [6.45, 7) is 0.539. The standard InChI is InChI=1S/C27H26F3NO3/c28-27(29,30)14-13-24(32)31-15-16-34-23-12-11-21(17-22(23)18-31)26(33)25(19-7-3-1-4-8-19)20-9-5-2-6-10-20/h1-12,17,25-26,33H,13-16,18H2/t26-/m1/s1. The van der Waals surface area contributed by atoms with Gasteiger partial charge in [-0.3, -0.25) is 4.79 Å². The van der Waals surface area contributed by atoms with Crippen molar-refractivity contribution >= 4 is 5.91 Å². The molecule has 4 rings (SSSR count). The molecule has 178 valence electrons. The normalized spacial score (nSPS) is 14.8. The van der Waals surface area contributed by atoms with Gasteiger partial charge in [0.05, 0.1) is 19.1 Å². The summed E-state index contributed by atoms with van der Waals surface area (Å²) in [4.78, 5) is 13.8. The van der Waals surface area contributed by atoms with E-state index in [0.717, 1.165) is 11.1 Å². The zero-order valence-corrected chi connectivity index (χ0v) is 18.5. The highest BCUT2D eigenvalue weighted by Crippen LogP contribution is 2.38. The number of halogens is 3. The van der Waals surface area contributed by atoms with E-state index in [0.29, 0.717) is 16.9 Å². The van der Waals surface area contributed by atoms with Crippen molar-refractivity contribution in [3.63, 3.8) is 0 Å². The van der Waals surface area contributed by atoms with Gasteiger partial charge in [0.25, 0.3) is 0 Å². The Kier molecular flexibility index (Phi) is 7.22. The van der Waals surface area contributed by atoms with Gasteiger partial charge in [0.15, 0.2) is 0 Å². The summed E-state index contributed by atoms with van der Waals surface area (Å²) in [6.07, 6.45) is -7.00. The van der Waals surface area contributed by atoms with Gasteiger partial charge < -0.3 is 14.7 Å². The summed E-state index contributed by atoms with van der Waals surface area (Å²) in [6, 6.07) is 24.7. The molecular formula is C27H26F3NO3. The first-order valence-corrected chi connectivity index (χ1v) is 11.2. The van der Waals surface area contributed by atoms with Crippen LogP contribution in [0.25, 0.3) is 0 Å². The van der Waals surface area contributed by atoms with Crippen LogP contribution in [0.15, 0.2) is 78.9 Å². The van der Waals surface area contributed by atoms with Crippen molar-refractivity contribution in [3.05, 3.63) is 101 Å². The second kappa shape index (κ2) is 10.3. The molecule has 1 N–H and O–H groups in total. The third-order valence-electron chi connectivity index (χ3n) is 6.01. The number of fused-ring (bicyclic) bond motifs is 1. The SMILES string of the molecule is O=C(CCC(F)(F)F)N1CCOc2ccc([C@@H](O)C(c3ccccc3)c3ccccc3)cc2C1. The minimum Gasteiger partial charge on any atom is -0.491 e. The molecule has 0 aliphatic carbocycles. The molecule has 1 aliphatic heterocycles. The van der Waals surface area contributed by atoms with Crippen LogP contribution in [0.3, 0.4) is 0 Å². The lowest BCUT2D eigenvalue weighted by Crippen LogP contribution is -2.33. The molecule has 0 bridgehead atoms. The van der Waals surface area contributed by atoms with E-state index < -0.39 is 31.0 Å². The Bertz CT molecular complexity index is 1060. The van der Waals surface area contributed by atoms with Crippen molar-refractivity contribution in [2.24, 2.45) is 0 Å². The maximum absolute atomic E-state index is 12.6. The Morgan fingerprint density at radius 3 is 2.15 bits per heavy atom. The Labute approximate surface area is 196 Å². The highest BCUT2D eigenvalue weighted by atomic mass is 19.4. The molecule has 0 aromatic heterocycles. The second-order valence-corrected chi connectivity index (χ2v) is 8.39. The Morgan fingerprint density at radius 2 is 1.56 bits per heavy atom. The summed E-state index contributed by atoms with van der Waals surface area (Å²) >= 11 is 0. The minimum absolute atomic E-state index is 0.133. The van der Waals surface area contributed by atoms with Gasteiger partial charge in [-0.15, -0.1) is 0 Å². The lowest BCUT2D eigenvalue weighted by molar-refractivity contribution is -0.149. The molecular weight excluding hydrogens is 443 g/mol. The molecule has 0 fully saturated rings.